The van der Waals surface area contributed by atoms with Crippen molar-refractivity contribution in [2.45, 2.75) is 37.4 Å². The number of sulfonamides is 1. The third-order valence-corrected chi connectivity index (χ3v) is 5.81. The van der Waals surface area contributed by atoms with Crippen LogP contribution in [0, 0.1) is 5.92 Å². The fourth-order valence-electron chi connectivity index (χ4n) is 1.82. The van der Waals surface area contributed by atoms with Crippen LogP contribution >= 0.6 is 11.3 Å². The van der Waals surface area contributed by atoms with E-state index in [9.17, 15) is 8.42 Å². The van der Waals surface area contributed by atoms with Crippen molar-refractivity contribution in [1.29, 1.82) is 0 Å². The molecular formula is C13H24N4O2S2. The fraction of sp³-hybridized carbons (Fsp3) is 0.615. The first-order valence-corrected chi connectivity index (χ1v) is 9.33. The average Bonchev–Trinajstić information content (AvgIpc) is 2.92. The lowest BCUT2D eigenvalue weighted by atomic mass is 10.0. The normalized spacial score (nSPS) is 12.7. The number of guanidine groups is 1. The number of primary sulfonamides is 1. The summed E-state index contributed by atoms with van der Waals surface area (Å²) in [6.45, 7) is 5.74. The Balaban J connectivity index is 2.51. The van der Waals surface area contributed by atoms with Gasteiger partial charge in [0.1, 0.15) is 4.21 Å². The Hall–Kier alpha value is -1.12. The molecule has 8 heteroatoms. The van der Waals surface area contributed by atoms with Gasteiger partial charge in [-0.1, -0.05) is 26.7 Å². The molecule has 0 aliphatic rings. The van der Waals surface area contributed by atoms with Crippen LogP contribution in [0.15, 0.2) is 21.3 Å². The van der Waals surface area contributed by atoms with Gasteiger partial charge in [0.25, 0.3) is 0 Å². The number of hydrogen-bond acceptors (Lipinski definition) is 4. The van der Waals surface area contributed by atoms with E-state index in [0.717, 1.165) is 24.3 Å². The zero-order valence-electron chi connectivity index (χ0n) is 12.7. The van der Waals surface area contributed by atoms with E-state index < -0.39 is 10.0 Å². The van der Waals surface area contributed by atoms with Gasteiger partial charge in [-0.2, -0.15) is 0 Å². The molecule has 0 saturated carbocycles. The van der Waals surface area contributed by atoms with Crippen LogP contribution in [0.4, 0.5) is 0 Å². The second-order valence-electron chi connectivity index (χ2n) is 4.75. The van der Waals surface area contributed by atoms with Crippen LogP contribution in [-0.4, -0.2) is 28.0 Å². The lowest BCUT2D eigenvalue weighted by Gasteiger charge is -2.16. The second kappa shape index (κ2) is 8.35. The van der Waals surface area contributed by atoms with Gasteiger partial charge in [-0.15, -0.1) is 11.3 Å². The van der Waals surface area contributed by atoms with Crippen molar-refractivity contribution in [2.24, 2.45) is 16.0 Å². The molecule has 0 atom stereocenters. The van der Waals surface area contributed by atoms with Gasteiger partial charge >= 0.3 is 0 Å². The average molecular weight is 332 g/mol. The minimum absolute atomic E-state index is 0.180. The fourth-order valence-corrected chi connectivity index (χ4v) is 3.53. The van der Waals surface area contributed by atoms with Gasteiger partial charge in [0.15, 0.2) is 5.96 Å². The molecule has 0 aliphatic carbocycles. The Bertz CT molecular complexity index is 562. The van der Waals surface area contributed by atoms with Crippen LogP contribution in [0.3, 0.4) is 0 Å². The number of aliphatic imine (C=N–C) groups is 1. The van der Waals surface area contributed by atoms with Gasteiger partial charge in [0.05, 0.1) is 6.54 Å². The molecule has 0 bridgehead atoms. The highest BCUT2D eigenvalue weighted by Gasteiger charge is 2.11. The van der Waals surface area contributed by atoms with Gasteiger partial charge in [0, 0.05) is 18.5 Å². The van der Waals surface area contributed by atoms with Gasteiger partial charge in [-0.3, -0.25) is 4.99 Å². The minimum atomic E-state index is -3.61. The van der Waals surface area contributed by atoms with Crippen LogP contribution in [0.25, 0.3) is 0 Å². The van der Waals surface area contributed by atoms with E-state index >= 15 is 0 Å². The molecule has 120 valence electrons. The lowest BCUT2D eigenvalue weighted by molar-refractivity contribution is 0.481. The minimum Gasteiger partial charge on any atom is -0.356 e. The summed E-state index contributed by atoms with van der Waals surface area (Å²) in [5.41, 5.74) is 0. The molecule has 0 aliphatic heterocycles. The largest absolute Gasteiger partial charge is 0.356 e. The first-order valence-electron chi connectivity index (χ1n) is 6.96. The van der Waals surface area contributed by atoms with Crippen LogP contribution in [0.1, 0.15) is 31.6 Å². The van der Waals surface area contributed by atoms with Crippen LogP contribution in [-0.2, 0) is 16.6 Å². The zero-order chi connectivity index (χ0) is 15.9. The van der Waals surface area contributed by atoms with Crippen LogP contribution in [0.2, 0.25) is 0 Å². The van der Waals surface area contributed by atoms with E-state index in [-0.39, 0.29) is 4.21 Å². The molecule has 0 aromatic carbocycles. The topological polar surface area (TPSA) is 96.6 Å². The molecular weight excluding hydrogens is 308 g/mol. The molecule has 0 saturated heterocycles. The van der Waals surface area contributed by atoms with Gasteiger partial charge < -0.3 is 10.6 Å². The van der Waals surface area contributed by atoms with Crippen molar-refractivity contribution in [3.05, 3.63) is 17.0 Å². The Morgan fingerprint density at radius 1 is 1.33 bits per heavy atom. The third kappa shape index (κ3) is 6.03. The molecule has 1 rings (SSSR count). The first kappa shape index (κ1) is 17.9. The lowest BCUT2D eigenvalue weighted by Crippen LogP contribution is -2.39. The summed E-state index contributed by atoms with van der Waals surface area (Å²) in [5.74, 6) is 1.34. The van der Waals surface area contributed by atoms with E-state index in [0.29, 0.717) is 18.4 Å². The van der Waals surface area contributed by atoms with Crippen LogP contribution in [0.5, 0.6) is 0 Å². The summed E-state index contributed by atoms with van der Waals surface area (Å²) in [6, 6.07) is 3.28. The highest BCUT2D eigenvalue weighted by molar-refractivity contribution is 7.91. The van der Waals surface area contributed by atoms with Crippen molar-refractivity contribution in [3.8, 4) is 0 Å². The molecule has 0 amide bonds. The summed E-state index contributed by atoms with van der Waals surface area (Å²) in [6.07, 6.45) is 2.26. The third-order valence-electron chi connectivity index (χ3n) is 3.28. The maximum atomic E-state index is 11.2. The van der Waals surface area contributed by atoms with Gasteiger partial charge in [-0.05, 0) is 18.1 Å². The summed E-state index contributed by atoms with van der Waals surface area (Å²) < 4.78 is 22.6. The van der Waals surface area contributed by atoms with E-state index in [4.69, 9.17) is 5.14 Å². The first-order chi connectivity index (χ1) is 9.90. The van der Waals surface area contributed by atoms with Crippen molar-refractivity contribution in [1.82, 2.24) is 10.6 Å². The molecule has 0 radical (unpaired) electrons. The number of nitrogens with zero attached hydrogens (tertiary/aromatic N) is 1. The molecule has 0 fully saturated rings. The summed E-state index contributed by atoms with van der Waals surface area (Å²) in [4.78, 5) is 5.05. The molecule has 1 heterocycles. The monoisotopic (exact) mass is 332 g/mol. The van der Waals surface area contributed by atoms with Crippen LogP contribution < -0.4 is 15.8 Å². The SMILES string of the molecule is CCC(CC)CNC(=NC)NCc1ccc(S(N)(=O)=O)s1. The van der Waals surface area contributed by atoms with Crippen molar-refractivity contribution < 1.29 is 8.42 Å². The van der Waals surface area contributed by atoms with Gasteiger partial charge in [-0.25, -0.2) is 13.6 Å². The quantitative estimate of drug-likeness (QED) is 0.521. The van der Waals surface area contributed by atoms with E-state index in [2.05, 4.69) is 29.5 Å². The molecule has 1 aromatic heterocycles. The Kier molecular flexibility index (Phi) is 7.13. The molecule has 1 aromatic rings. The van der Waals surface area contributed by atoms with E-state index in [1.54, 1.807) is 13.1 Å². The zero-order valence-corrected chi connectivity index (χ0v) is 14.4. The molecule has 0 spiro atoms. The number of hydrogen-bond donors (Lipinski definition) is 3. The van der Waals surface area contributed by atoms with E-state index in [1.165, 1.54) is 17.4 Å². The molecule has 6 nitrogen and oxygen atoms in total. The summed E-state index contributed by atoms with van der Waals surface area (Å²) in [5, 5.41) is 11.5. The Morgan fingerprint density at radius 2 is 2.00 bits per heavy atom. The van der Waals surface area contributed by atoms with E-state index in [1.807, 2.05) is 0 Å². The van der Waals surface area contributed by atoms with Gasteiger partial charge in [0.2, 0.25) is 10.0 Å². The summed E-state index contributed by atoms with van der Waals surface area (Å²) in [7, 11) is -1.89. The predicted octanol–water partition coefficient (Wildman–Crippen LogP) is 1.50. The smallest absolute Gasteiger partial charge is 0.247 e. The molecule has 4 N–H and O–H groups in total. The van der Waals surface area contributed by atoms with Crippen molar-refractivity contribution in [2.75, 3.05) is 13.6 Å². The molecule has 21 heavy (non-hydrogen) atoms. The predicted molar refractivity (Wildman–Crippen MR) is 88.0 cm³/mol. The highest BCUT2D eigenvalue weighted by atomic mass is 32.2. The number of thiophene rings is 1. The number of nitrogens with two attached hydrogens (primary N) is 1. The van der Waals surface area contributed by atoms with Crippen molar-refractivity contribution in [3.63, 3.8) is 0 Å². The Labute approximate surface area is 130 Å². The second-order valence-corrected chi connectivity index (χ2v) is 7.71. The molecule has 0 unspecified atom stereocenters. The number of rotatable bonds is 7. The Morgan fingerprint density at radius 3 is 2.48 bits per heavy atom. The number of nitrogens with one attached hydrogen (secondary N) is 2. The standard InChI is InChI=1S/C13H24N4O2S2/c1-4-10(5-2)8-16-13(15-3)17-9-11-6-7-12(20-11)21(14,18)19/h6-7,10H,4-5,8-9H2,1-3H3,(H2,14,18,19)(H2,15,16,17). The van der Waals surface area contributed by atoms with Crippen molar-refractivity contribution >= 4 is 27.3 Å². The highest BCUT2D eigenvalue weighted by Crippen LogP contribution is 2.19. The maximum absolute atomic E-state index is 11.2. The maximum Gasteiger partial charge on any atom is 0.247 e. The summed E-state index contributed by atoms with van der Waals surface area (Å²) >= 11 is 1.17.